The van der Waals surface area contributed by atoms with Gasteiger partial charge in [0.05, 0.1) is 18.6 Å². The maximum absolute atomic E-state index is 11.9. The van der Waals surface area contributed by atoms with Crippen LogP contribution in [0.25, 0.3) is 0 Å². The molecule has 0 aromatic heterocycles. The Bertz CT molecular complexity index is 418. The number of rotatable bonds is 6. The van der Waals surface area contributed by atoms with Crippen LogP contribution in [0, 0.1) is 5.92 Å². The van der Waals surface area contributed by atoms with E-state index < -0.39 is 6.10 Å². The zero-order valence-electron chi connectivity index (χ0n) is 11.8. The molecule has 0 aliphatic rings. The number of aliphatic hydroxyl groups is 1. The van der Waals surface area contributed by atoms with Crippen LogP contribution in [-0.2, 0) is 4.79 Å². The molecule has 0 spiro atoms. The molecule has 0 fully saturated rings. The van der Waals surface area contributed by atoms with Gasteiger partial charge in [-0.05, 0) is 18.4 Å². The van der Waals surface area contributed by atoms with Crippen LogP contribution in [0.3, 0.4) is 0 Å². The van der Waals surface area contributed by atoms with Crippen LogP contribution < -0.4 is 5.32 Å². The SMILES string of the molecule is CC[C@@H](NC(=O)C[C@@H](O)C(C)C)c1ccccc1O. The van der Waals surface area contributed by atoms with E-state index >= 15 is 0 Å². The normalized spacial score (nSPS) is 14.2. The van der Waals surface area contributed by atoms with Crippen LogP contribution in [0.2, 0.25) is 0 Å². The summed E-state index contributed by atoms with van der Waals surface area (Å²) in [4.78, 5) is 11.9. The fourth-order valence-corrected chi connectivity index (χ4v) is 1.86. The number of amides is 1. The van der Waals surface area contributed by atoms with Crippen molar-refractivity contribution in [2.75, 3.05) is 0 Å². The molecule has 0 heterocycles. The van der Waals surface area contributed by atoms with E-state index in [9.17, 15) is 15.0 Å². The Morgan fingerprint density at radius 1 is 1.32 bits per heavy atom. The van der Waals surface area contributed by atoms with Gasteiger partial charge in [0.15, 0.2) is 0 Å². The molecule has 1 aromatic rings. The summed E-state index contributed by atoms with van der Waals surface area (Å²) in [6.07, 6.45) is 0.130. The van der Waals surface area contributed by atoms with Gasteiger partial charge in [0.2, 0.25) is 5.91 Å². The summed E-state index contributed by atoms with van der Waals surface area (Å²) in [5.74, 6) is 0.0336. The summed E-state index contributed by atoms with van der Waals surface area (Å²) in [5, 5.41) is 22.3. The topological polar surface area (TPSA) is 69.6 Å². The Morgan fingerprint density at radius 3 is 2.47 bits per heavy atom. The van der Waals surface area contributed by atoms with Crippen molar-refractivity contribution >= 4 is 5.91 Å². The number of hydrogen-bond acceptors (Lipinski definition) is 3. The van der Waals surface area contributed by atoms with E-state index in [4.69, 9.17) is 0 Å². The molecule has 4 nitrogen and oxygen atoms in total. The zero-order valence-corrected chi connectivity index (χ0v) is 11.8. The average molecular weight is 265 g/mol. The van der Waals surface area contributed by atoms with E-state index in [1.54, 1.807) is 18.2 Å². The quantitative estimate of drug-likeness (QED) is 0.739. The van der Waals surface area contributed by atoms with Gasteiger partial charge in [-0.25, -0.2) is 0 Å². The minimum atomic E-state index is -0.637. The fraction of sp³-hybridized carbons (Fsp3) is 0.533. The lowest BCUT2D eigenvalue weighted by atomic mass is 10.0. The highest BCUT2D eigenvalue weighted by Gasteiger charge is 2.19. The van der Waals surface area contributed by atoms with Gasteiger partial charge in [-0.3, -0.25) is 4.79 Å². The van der Waals surface area contributed by atoms with Crippen molar-refractivity contribution in [1.29, 1.82) is 0 Å². The third-order valence-electron chi connectivity index (χ3n) is 3.22. The number of phenols is 1. The summed E-state index contributed by atoms with van der Waals surface area (Å²) in [6, 6.07) is 6.74. The van der Waals surface area contributed by atoms with Gasteiger partial charge < -0.3 is 15.5 Å². The Hall–Kier alpha value is -1.55. The summed E-state index contributed by atoms with van der Waals surface area (Å²) < 4.78 is 0. The van der Waals surface area contributed by atoms with Crippen molar-refractivity contribution in [3.63, 3.8) is 0 Å². The molecular formula is C15H23NO3. The van der Waals surface area contributed by atoms with E-state index in [2.05, 4.69) is 5.32 Å². The Labute approximate surface area is 114 Å². The van der Waals surface area contributed by atoms with Crippen LogP contribution >= 0.6 is 0 Å². The van der Waals surface area contributed by atoms with E-state index in [0.29, 0.717) is 12.0 Å². The fourth-order valence-electron chi connectivity index (χ4n) is 1.86. The molecule has 0 aliphatic carbocycles. The summed E-state index contributed by atoms with van der Waals surface area (Å²) in [5.41, 5.74) is 0.706. The number of aromatic hydroxyl groups is 1. The summed E-state index contributed by atoms with van der Waals surface area (Å²) in [6.45, 7) is 5.69. The lowest BCUT2D eigenvalue weighted by Crippen LogP contribution is -2.32. The molecule has 106 valence electrons. The van der Waals surface area contributed by atoms with Crippen molar-refractivity contribution in [3.8, 4) is 5.75 Å². The maximum atomic E-state index is 11.9. The summed E-state index contributed by atoms with van der Waals surface area (Å²) in [7, 11) is 0. The Morgan fingerprint density at radius 2 is 1.95 bits per heavy atom. The minimum absolute atomic E-state index is 0.0518. The lowest BCUT2D eigenvalue weighted by Gasteiger charge is -2.20. The molecule has 1 amide bonds. The third kappa shape index (κ3) is 4.56. The second kappa shape index (κ2) is 7.14. The van der Waals surface area contributed by atoms with Crippen LogP contribution in [0.4, 0.5) is 0 Å². The molecule has 0 unspecified atom stereocenters. The van der Waals surface area contributed by atoms with Crippen LogP contribution in [0.5, 0.6) is 5.75 Å². The van der Waals surface area contributed by atoms with Gasteiger partial charge in [0, 0.05) is 5.56 Å². The van der Waals surface area contributed by atoms with Gasteiger partial charge in [0.1, 0.15) is 5.75 Å². The second-order valence-electron chi connectivity index (χ2n) is 5.10. The number of benzene rings is 1. The lowest BCUT2D eigenvalue weighted by molar-refractivity contribution is -0.124. The highest BCUT2D eigenvalue weighted by molar-refractivity contribution is 5.77. The highest BCUT2D eigenvalue weighted by atomic mass is 16.3. The predicted molar refractivity (Wildman–Crippen MR) is 74.7 cm³/mol. The first-order chi connectivity index (χ1) is 8.95. The van der Waals surface area contributed by atoms with Gasteiger partial charge in [0.25, 0.3) is 0 Å². The number of carbonyl (C=O) groups is 1. The number of nitrogens with one attached hydrogen (secondary N) is 1. The van der Waals surface area contributed by atoms with Crippen molar-refractivity contribution in [2.45, 2.75) is 45.8 Å². The average Bonchev–Trinajstić information content (AvgIpc) is 2.36. The van der Waals surface area contributed by atoms with Crippen molar-refractivity contribution in [2.24, 2.45) is 5.92 Å². The van der Waals surface area contributed by atoms with Gasteiger partial charge >= 0.3 is 0 Å². The first kappa shape index (κ1) is 15.5. The van der Waals surface area contributed by atoms with Gasteiger partial charge in [-0.1, -0.05) is 39.0 Å². The Balaban J connectivity index is 2.68. The molecule has 4 heteroatoms. The number of aliphatic hydroxyl groups excluding tert-OH is 1. The molecule has 3 N–H and O–H groups in total. The van der Waals surface area contributed by atoms with E-state index in [0.717, 1.165) is 0 Å². The molecule has 19 heavy (non-hydrogen) atoms. The molecule has 1 rings (SSSR count). The van der Waals surface area contributed by atoms with Crippen molar-refractivity contribution in [3.05, 3.63) is 29.8 Å². The number of carbonyl (C=O) groups excluding carboxylic acids is 1. The first-order valence-corrected chi connectivity index (χ1v) is 6.71. The monoisotopic (exact) mass is 265 g/mol. The van der Waals surface area contributed by atoms with Crippen molar-refractivity contribution < 1.29 is 15.0 Å². The van der Waals surface area contributed by atoms with Crippen LogP contribution in [0.15, 0.2) is 24.3 Å². The number of phenolic OH excluding ortho intramolecular Hbond substituents is 1. The molecule has 0 radical (unpaired) electrons. The number of para-hydroxylation sites is 1. The molecule has 0 saturated heterocycles. The smallest absolute Gasteiger partial charge is 0.223 e. The van der Waals surface area contributed by atoms with Gasteiger partial charge in [-0.15, -0.1) is 0 Å². The molecule has 0 bridgehead atoms. The number of hydrogen-bond donors (Lipinski definition) is 3. The van der Waals surface area contributed by atoms with E-state index in [1.165, 1.54) is 0 Å². The van der Waals surface area contributed by atoms with Crippen molar-refractivity contribution in [1.82, 2.24) is 5.32 Å². The molecule has 1 aromatic carbocycles. The first-order valence-electron chi connectivity index (χ1n) is 6.71. The van der Waals surface area contributed by atoms with Crippen LogP contribution in [0.1, 0.15) is 45.2 Å². The Kier molecular flexibility index (Phi) is 5.83. The minimum Gasteiger partial charge on any atom is -0.508 e. The maximum Gasteiger partial charge on any atom is 0.223 e. The zero-order chi connectivity index (χ0) is 14.4. The molecule has 0 aliphatic heterocycles. The predicted octanol–water partition coefficient (Wildman–Crippen LogP) is 2.37. The molecule has 2 atom stereocenters. The molecule has 0 saturated carbocycles. The highest BCUT2D eigenvalue weighted by Crippen LogP contribution is 2.25. The van der Waals surface area contributed by atoms with E-state index in [1.807, 2.05) is 26.8 Å². The summed E-state index contributed by atoms with van der Waals surface area (Å²) >= 11 is 0. The van der Waals surface area contributed by atoms with Gasteiger partial charge in [-0.2, -0.15) is 0 Å². The standard InChI is InChI=1S/C15H23NO3/c1-4-12(11-7-5-6-8-13(11)17)16-15(19)9-14(18)10(2)3/h5-8,10,12,14,17-18H,4,9H2,1-3H3,(H,16,19)/t12-,14-/m1/s1. The third-order valence-corrected chi connectivity index (χ3v) is 3.22. The largest absolute Gasteiger partial charge is 0.508 e. The van der Waals surface area contributed by atoms with Crippen LogP contribution in [-0.4, -0.2) is 22.2 Å². The molecular weight excluding hydrogens is 242 g/mol. The second-order valence-corrected chi connectivity index (χ2v) is 5.10. The van der Waals surface area contributed by atoms with E-state index in [-0.39, 0.29) is 30.0 Å².